The number of hydrogen-bond donors (Lipinski definition) is 0. The van der Waals surface area contributed by atoms with E-state index in [9.17, 15) is 22.0 Å². The Bertz CT molecular complexity index is 271. The molecule has 0 aromatic heterocycles. The van der Waals surface area contributed by atoms with E-state index in [0.29, 0.717) is 0 Å². The topological polar surface area (TPSA) is 0 Å². The molecule has 74 valence electrons. The summed E-state index contributed by atoms with van der Waals surface area (Å²) in [7, 11) is 0. The van der Waals surface area contributed by atoms with Gasteiger partial charge in [0.2, 0.25) is 0 Å². The molecule has 0 spiro atoms. The number of halogens is 5. The molecule has 1 aliphatic carbocycles. The summed E-state index contributed by atoms with van der Waals surface area (Å²) in [5.41, 5.74) is -1.42. The number of rotatable bonds is 0. The fourth-order valence-corrected chi connectivity index (χ4v) is 1.20. The molecule has 0 aromatic carbocycles. The Hall–Kier alpha value is -0.870. The molecule has 0 radical (unpaired) electrons. The Kier molecular flexibility index (Phi) is 2.45. The van der Waals surface area contributed by atoms with Crippen molar-refractivity contribution in [2.75, 3.05) is 0 Å². The van der Waals surface area contributed by atoms with Gasteiger partial charge in [-0.1, -0.05) is 5.57 Å². The van der Waals surface area contributed by atoms with Gasteiger partial charge >= 0.3 is 6.18 Å². The molecule has 1 aliphatic rings. The summed E-state index contributed by atoms with van der Waals surface area (Å²) in [6, 6.07) is 0. The Balaban J connectivity index is 3.12. The Morgan fingerprint density at radius 3 is 2.31 bits per heavy atom. The quantitative estimate of drug-likeness (QED) is 0.523. The van der Waals surface area contributed by atoms with Crippen LogP contribution in [0.1, 0.15) is 13.3 Å². The second kappa shape index (κ2) is 3.12. The van der Waals surface area contributed by atoms with Gasteiger partial charge in [0, 0.05) is 6.42 Å². The maximum absolute atomic E-state index is 12.8. The van der Waals surface area contributed by atoms with Crippen molar-refractivity contribution < 1.29 is 22.0 Å². The minimum Gasteiger partial charge on any atom is -0.242 e. The third kappa shape index (κ3) is 2.08. The Morgan fingerprint density at radius 2 is 1.92 bits per heavy atom. The van der Waals surface area contributed by atoms with Crippen LogP contribution in [0.15, 0.2) is 23.0 Å². The zero-order chi connectivity index (χ0) is 10.2. The van der Waals surface area contributed by atoms with Gasteiger partial charge in [-0.25, -0.2) is 8.78 Å². The van der Waals surface area contributed by atoms with Gasteiger partial charge in [0.25, 0.3) is 0 Å². The smallest absolute Gasteiger partial charge is 0.242 e. The van der Waals surface area contributed by atoms with Gasteiger partial charge in [-0.15, -0.1) is 0 Å². The van der Waals surface area contributed by atoms with E-state index >= 15 is 0 Å². The minimum absolute atomic E-state index is 0.276. The van der Waals surface area contributed by atoms with Crippen LogP contribution in [0.3, 0.4) is 0 Å². The number of allylic oxidation sites excluding steroid dienone is 4. The van der Waals surface area contributed by atoms with E-state index in [2.05, 4.69) is 0 Å². The van der Waals surface area contributed by atoms with Crippen molar-refractivity contribution in [3.63, 3.8) is 0 Å². The van der Waals surface area contributed by atoms with Gasteiger partial charge in [-0.2, -0.15) is 13.2 Å². The van der Waals surface area contributed by atoms with Crippen LogP contribution < -0.4 is 0 Å². The molecule has 0 saturated carbocycles. The first-order valence-corrected chi connectivity index (χ1v) is 3.60. The van der Waals surface area contributed by atoms with Crippen LogP contribution in [0, 0.1) is 0 Å². The molecule has 0 fully saturated rings. The molecule has 1 rings (SSSR count). The highest BCUT2D eigenvalue weighted by Crippen LogP contribution is 2.38. The fraction of sp³-hybridized carbons (Fsp3) is 0.500. The molecule has 0 bridgehead atoms. The van der Waals surface area contributed by atoms with Crippen LogP contribution in [0.4, 0.5) is 22.0 Å². The van der Waals surface area contributed by atoms with Crippen molar-refractivity contribution in [1.82, 2.24) is 0 Å². The first kappa shape index (κ1) is 10.2. The van der Waals surface area contributed by atoms with Crippen molar-refractivity contribution in [2.45, 2.75) is 25.7 Å². The molecular formula is C8H7F5. The average molecular weight is 198 g/mol. The molecule has 0 amide bonds. The van der Waals surface area contributed by atoms with E-state index in [1.54, 1.807) is 0 Å². The zero-order valence-corrected chi connectivity index (χ0v) is 6.75. The van der Waals surface area contributed by atoms with Gasteiger partial charge in [0.1, 0.15) is 17.6 Å². The molecular weight excluding hydrogens is 191 g/mol. The second-order valence-corrected chi connectivity index (χ2v) is 2.92. The largest absolute Gasteiger partial charge is 0.418 e. The first-order valence-electron chi connectivity index (χ1n) is 3.60. The predicted molar refractivity (Wildman–Crippen MR) is 37.5 cm³/mol. The Morgan fingerprint density at radius 1 is 1.38 bits per heavy atom. The normalized spacial score (nSPS) is 24.8. The van der Waals surface area contributed by atoms with Gasteiger partial charge in [0.05, 0.1) is 0 Å². The molecule has 0 nitrogen and oxygen atoms in total. The van der Waals surface area contributed by atoms with Crippen molar-refractivity contribution in [1.29, 1.82) is 0 Å². The van der Waals surface area contributed by atoms with Gasteiger partial charge in [0.15, 0.2) is 0 Å². The van der Waals surface area contributed by atoms with E-state index in [1.165, 1.54) is 6.92 Å². The van der Waals surface area contributed by atoms with Gasteiger partial charge in [-0.3, -0.25) is 0 Å². The van der Waals surface area contributed by atoms with Crippen molar-refractivity contribution >= 4 is 0 Å². The van der Waals surface area contributed by atoms with E-state index in [4.69, 9.17) is 0 Å². The monoisotopic (exact) mass is 198 g/mol. The van der Waals surface area contributed by atoms with E-state index in [1.807, 2.05) is 0 Å². The Labute approximate surface area is 71.7 Å². The lowest BCUT2D eigenvalue weighted by atomic mass is 9.96. The third-order valence-corrected chi connectivity index (χ3v) is 1.75. The van der Waals surface area contributed by atoms with E-state index in [0.717, 1.165) is 6.08 Å². The molecule has 0 saturated heterocycles. The summed E-state index contributed by atoms with van der Waals surface area (Å²) in [4.78, 5) is 0. The molecule has 0 N–H and O–H groups in total. The van der Waals surface area contributed by atoms with Crippen LogP contribution in [-0.4, -0.2) is 12.3 Å². The minimum atomic E-state index is -4.92. The fourth-order valence-electron chi connectivity index (χ4n) is 1.20. The highest BCUT2D eigenvalue weighted by atomic mass is 19.4. The molecule has 0 heterocycles. The van der Waals surface area contributed by atoms with Gasteiger partial charge < -0.3 is 0 Å². The third-order valence-electron chi connectivity index (χ3n) is 1.75. The summed E-state index contributed by atoms with van der Waals surface area (Å²) in [6.07, 6.45) is -6.85. The van der Waals surface area contributed by atoms with Crippen LogP contribution in [0.25, 0.3) is 0 Å². The van der Waals surface area contributed by atoms with Crippen LogP contribution in [0.2, 0.25) is 0 Å². The maximum Gasteiger partial charge on any atom is 0.418 e. The van der Waals surface area contributed by atoms with Crippen LogP contribution in [-0.2, 0) is 0 Å². The molecule has 13 heavy (non-hydrogen) atoms. The van der Waals surface area contributed by atoms with E-state index < -0.39 is 23.7 Å². The molecule has 0 aromatic rings. The molecule has 1 atom stereocenters. The first-order chi connectivity index (χ1) is 5.82. The van der Waals surface area contributed by atoms with Crippen LogP contribution >= 0.6 is 0 Å². The average Bonchev–Trinajstić information content (AvgIpc) is 1.78. The lowest BCUT2D eigenvalue weighted by molar-refractivity contribution is -0.102. The van der Waals surface area contributed by atoms with Crippen molar-refractivity contribution in [2.24, 2.45) is 0 Å². The predicted octanol–water partition coefficient (Wildman–Crippen LogP) is 3.46. The lowest BCUT2D eigenvalue weighted by Crippen LogP contribution is -2.24. The van der Waals surface area contributed by atoms with Crippen molar-refractivity contribution in [3.8, 4) is 0 Å². The van der Waals surface area contributed by atoms with E-state index in [-0.39, 0.29) is 12.0 Å². The summed E-state index contributed by atoms with van der Waals surface area (Å²) >= 11 is 0. The SMILES string of the molecule is CC1=CC(F)=C(C(F)(F)F)C(F)C1. The highest BCUT2D eigenvalue weighted by Gasteiger charge is 2.43. The second-order valence-electron chi connectivity index (χ2n) is 2.92. The summed E-state index contributed by atoms with van der Waals surface area (Å²) < 4.78 is 61.5. The molecule has 1 unspecified atom stereocenters. The molecule has 0 aliphatic heterocycles. The summed E-state index contributed by atoms with van der Waals surface area (Å²) in [5.74, 6) is -1.51. The van der Waals surface area contributed by atoms with Crippen molar-refractivity contribution in [3.05, 3.63) is 23.0 Å². The number of alkyl halides is 4. The van der Waals surface area contributed by atoms with Crippen LogP contribution in [0.5, 0.6) is 0 Å². The van der Waals surface area contributed by atoms with Gasteiger partial charge in [-0.05, 0) is 13.0 Å². The lowest BCUT2D eigenvalue weighted by Gasteiger charge is -2.20. The standard InChI is InChI=1S/C8H7F5/c1-4-2-5(9)7(6(10)3-4)8(11,12)13/h2,6H,3H2,1H3. The summed E-state index contributed by atoms with van der Waals surface area (Å²) in [5, 5.41) is 0. The zero-order valence-electron chi connectivity index (χ0n) is 6.75. The highest BCUT2D eigenvalue weighted by molar-refractivity contribution is 5.34. The summed E-state index contributed by atoms with van der Waals surface area (Å²) in [6.45, 7) is 1.39. The maximum atomic E-state index is 12.8. The molecule has 5 heteroatoms. The number of hydrogen-bond acceptors (Lipinski definition) is 0.